The highest BCUT2D eigenvalue weighted by molar-refractivity contribution is 5.40. The van der Waals surface area contributed by atoms with Crippen LogP contribution in [0.4, 0.5) is 0 Å². The standard InChI is InChI=1S/C10H8N/c1-3-9-4-5-10(7-11)8(2)6-9/h4-6H,1H2,2H3. The molecule has 0 bridgehead atoms. The summed E-state index contributed by atoms with van der Waals surface area (Å²) < 4.78 is 0. The third-order valence-electron chi connectivity index (χ3n) is 1.55. The second-order valence-electron chi connectivity index (χ2n) is 2.32. The van der Waals surface area contributed by atoms with Crippen LogP contribution in [-0.2, 0) is 0 Å². The van der Waals surface area contributed by atoms with Gasteiger partial charge in [-0.15, -0.1) is 0 Å². The van der Waals surface area contributed by atoms with Crippen molar-refractivity contribution in [1.29, 1.82) is 5.26 Å². The molecule has 53 valence electrons. The molecule has 0 aromatic heterocycles. The quantitative estimate of drug-likeness (QED) is 0.589. The largest absolute Gasteiger partial charge is 0.192 e. The number of nitrogens with zero attached hydrogens (tertiary/aromatic N) is 1. The number of hydrogen-bond acceptors (Lipinski definition) is 1. The molecule has 1 aromatic rings. The van der Waals surface area contributed by atoms with Crippen molar-refractivity contribution in [1.82, 2.24) is 0 Å². The summed E-state index contributed by atoms with van der Waals surface area (Å²) >= 11 is 0. The van der Waals surface area contributed by atoms with Gasteiger partial charge < -0.3 is 0 Å². The van der Waals surface area contributed by atoms with Crippen LogP contribution in [0.1, 0.15) is 16.7 Å². The Hall–Kier alpha value is -1.55. The zero-order valence-electron chi connectivity index (χ0n) is 6.39. The minimum Gasteiger partial charge on any atom is -0.192 e. The molecule has 0 fully saturated rings. The molecule has 0 aliphatic rings. The average molecular weight is 142 g/mol. The molecule has 1 aromatic carbocycles. The zero-order valence-corrected chi connectivity index (χ0v) is 6.39. The molecule has 1 radical (unpaired) electrons. The van der Waals surface area contributed by atoms with E-state index < -0.39 is 0 Å². The Morgan fingerprint density at radius 1 is 1.45 bits per heavy atom. The van der Waals surface area contributed by atoms with Crippen LogP contribution in [0, 0.1) is 24.3 Å². The van der Waals surface area contributed by atoms with Gasteiger partial charge in [-0.25, -0.2) is 0 Å². The minimum absolute atomic E-state index is 0.712. The molecule has 0 saturated carbocycles. The summed E-state index contributed by atoms with van der Waals surface area (Å²) in [6, 6.07) is 7.61. The predicted molar refractivity (Wildman–Crippen MR) is 43.9 cm³/mol. The SMILES string of the molecule is C=[C]c1ccc(C#N)c(C)c1. The molecule has 0 atom stereocenters. The average Bonchev–Trinajstić information content (AvgIpc) is 2.04. The van der Waals surface area contributed by atoms with Gasteiger partial charge in [-0.05, 0) is 30.2 Å². The number of nitriles is 1. The van der Waals surface area contributed by atoms with Crippen LogP contribution >= 0.6 is 0 Å². The van der Waals surface area contributed by atoms with Gasteiger partial charge in [-0.3, -0.25) is 0 Å². The van der Waals surface area contributed by atoms with Crippen molar-refractivity contribution < 1.29 is 0 Å². The van der Waals surface area contributed by atoms with E-state index in [-0.39, 0.29) is 0 Å². The summed E-state index contributed by atoms with van der Waals surface area (Å²) in [7, 11) is 0. The van der Waals surface area contributed by atoms with E-state index in [9.17, 15) is 0 Å². The van der Waals surface area contributed by atoms with Crippen molar-refractivity contribution in [3.05, 3.63) is 47.5 Å². The first-order chi connectivity index (χ1) is 5.27. The summed E-state index contributed by atoms with van der Waals surface area (Å²) in [5.74, 6) is 0. The van der Waals surface area contributed by atoms with Gasteiger partial charge in [0.25, 0.3) is 0 Å². The van der Waals surface area contributed by atoms with E-state index in [2.05, 4.69) is 18.7 Å². The summed E-state index contributed by atoms with van der Waals surface area (Å²) in [6.45, 7) is 5.42. The maximum absolute atomic E-state index is 8.60. The normalized spacial score (nSPS) is 8.73. The van der Waals surface area contributed by atoms with E-state index in [0.29, 0.717) is 5.56 Å². The molecule has 0 aliphatic heterocycles. The van der Waals surface area contributed by atoms with Gasteiger partial charge in [-0.1, -0.05) is 18.7 Å². The molecular formula is C10H8N. The Labute approximate surface area is 66.6 Å². The molecule has 0 spiro atoms. The van der Waals surface area contributed by atoms with Gasteiger partial charge in [0.15, 0.2) is 0 Å². The highest BCUT2D eigenvalue weighted by atomic mass is 14.2. The fourth-order valence-electron chi connectivity index (χ4n) is 0.899. The molecular weight excluding hydrogens is 134 g/mol. The number of rotatable bonds is 1. The maximum Gasteiger partial charge on any atom is 0.0994 e. The summed E-state index contributed by atoms with van der Waals surface area (Å²) in [4.78, 5) is 0. The van der Waals surface area contributed by atoms with Gasteiger partial charge in [0.2, 0.25) is 0 Å². The van der Waals surface area contributed by atoms with Crippen LogP contribution in [0.5, 0.6) is 0 Å². The topological polar surface area (TPSA) is 23.8 Å². The van der Waals surface area contributed by atoms with Crippen molar-refractivity contribution in [3.63, 3.8) is 0 Å². The van der Waals surface area contributed by atoms with Crippen LogP contribution in [0.15, 0.2) is 24.8 Å². The van der Waals surface area contributed by atoms with E-state index in [0.717, 1.165) is 11.1 Å². The molecule has 0 unspecified atom stereocenters. The second-order valence-corrected chi connectivity index (χ2v) is 2.32. The molecule has 0 saturated heterocycles. The van der Waals surface area contributed by atoms with E-state index in [4.69, 9.17) is 5.26 Å². The van der Waals surface area contributed by atoms with Gasteiger partial charge in [-0.2, -0.15) is 5.26 Å². The van der Waals surface area contributed by atoms with Crippen LogP contribution < -0.4 is 0 Å². The minimum atomic E-state index is 0.712. The van der Waals surface area contributed by atoms with E-state index >= 15 is 0 Å². The summed E-state index contributed by atoms with van der Waals surface area (Å²) in [5, 5.41) is 8.60. The molecule has 0 aliphatic carbocycles. The van der Waals surface area contributed by atoms with E-state index in [1.807, 2.05) is 19.1 Å². The highest BCUT2D eigenvalue weighted by Gasteiger charge is 1.95. The Balaban J connectivity index is 3.22. The molecule has 0 amide bonds. The number of hydrogen-bond donors (Lipinski definition) is 0. The third-order valence-corrected chi connectivity index (χ3v) is 1.55. The van der Waals surface area contributed by atoms with Gasteiger partial charge >= 0.3 is 0 Å². The molecule has 0 heterocycles. The monoisotopic (exact) mass is 142 g/mol. The first-order valence-corrected chi connectivity index (χ1v) is 3.32. The lowest BCUT2D eigenvalue weighted by atomic mass is 10.1. The van der Waals surface area contributed by atoms with Gasteiger partial charge in [0, 0.05) is 0 Å². The smallest absolute Gasteiger partial charge is 0.0994 e. The van der Waals surface area contributed by atoms with Gasteiger partial charge in [0.05, 0.1) is 11.6 Å². The predicted octanol–water partition coefficient (Wildman–Crippen LogP) is 2.20. The zero-order chi connectivity index (χ0) is 8.27. The van der Waals surface area contributed by atoms with E-state index in [1.165, 1.54) is 0 Å². The van der Waals surface area contributed by atoms with Gasteiger partial charge in [0.1, 0.15) is 0 Å². The highest BCUT2D eigenvalue weighted by Crippen LogP contribution is 2.09. The molecule has 0 N–H and O–H groups in total. The number of benzene rings is 1. The summed E-state index contributed by atoms with van der Waals surface area (Å²) in [5.41, 5.74) is 2.62. The Morgan fingerprint density at radius 3 is 2.64 bits per heavy atom. The fourth-order valence-corrected chi connectivity index (χ4v) is 0.899. The first kappa shape index (κ1) is 7.56. The Kier molecular flexibility index (Phi) is 2.08. The van der Waals surface area contributed by atoms with Crippen molar-refractivity contribution in [2.75, 3.05) is 0 Å². The van der Waals surface area contributed by atoms with Crippen LogP contribution in [0.3, 0.4) is 0 Å². The maximum atomic E-state index is 8.60. The van der Waals surface area contributed by atoms with Crippen molar-refractivity contribution in [2.24, 2.45) is 0 Å². The van der Waals surface area contributed by atoms with Crippen molar-refractivity contribution >= 4 is 0 Å². The van der Waals surface area contributed by atoms with Crippen LogP contribution in [0.25, 0.3) is 0 Å². The van der Waals surface area contributed by atoms with Crippen LogP contribution in [-0.4, -0.2) is 0 Å². The molecule has 1 rings (SSSR count). The van der Waals surface area contributed by atoms with Crippen LogP contribution in [0.2, 0.25) is 0 Å². The number of aryl methyl sites for hydroxylation is 1. The first-order valence-electron chi connectivity index (χ1n) is 3.32. The fraction of sp³-hybridized carbons (Fsp3) is 0.100. The van der Waals surface area contributed by atoms with E-state index in [1.54, 1.807) is 6.07 Å². The molecule has 11 heavy (non-hydrogen) atoms. The second kappa shape index (κ2) is 3.03. The molecule has 1 heteroatoms. The Bertz CT molecular complexity index is 318. The summed E-state index contributed by atoms with van der Waals surface area (Å²) in [6.07, 6.45) is 2.76. The lowest BCUT2D eigenvalue weighted by molar-refractivity contribution is 1.37. The van der Waals surface area contributed by atoms with Crippen molar-refractivity contribution in [3.8, 4) is 6.07 Å². The lowest BCUT2D eigenvalue weighted by Gasteiger charge is -1.96. The molecule has 1 nitrogen and oxygen atoms in total. The Morgan fingerprint density at radius 2 is 2.18 bits per heavy atom. The third kappa shape index (κ3) is 1.47. The van der Waals surface area contributed by atoms with Crippen molar-refractivity contribution in [2.45, 2.75) is 6.92 Å². The lowest BCUT2D eigenvalue weighted by Crippen LogP contribution is -1.82.